The molecule has 4 saturated carbocycles. The van der Waals surface area contributed by atoms with E-state index in [1.807, 2.05) is 24.1 Å². The van der Waals surface area contributed by atoms with Gasteiger partial charge < -0.3 is 10.2 Å². The lowest BCUT2D eigenvalue weighted by molar-refractivity contribution is -0.133. The number of rotatable bonds is 1. The number of hydrogen-bond acceptors (Lipinski definition) is 3. The van der Waals surface area contributed by atoms with Crippen molar-refractivity contribution in [3.05, 3.63) is 23.5 Å². The fourth-order valence-electron chi connectivity index (χ4n) is 7.96. The quantitative estimate of drug-likeness (QED) is 0.764. The van der Waals surface area contributed by atoms with E-state index in [2.05, 4.69) is 25.0 Å². The van der Waals surface area contributed by atoms with Gasteiger partial charge in [-0.3, -0.25) is 4.68 Å². The van der Waals surface area contributed by atoms with Gasteiger partial charge in [-0.25, -0.2) is 0 Å². The van der Waals surface area contributed by atoms with Crippen molar-refractivity contribution in [2.24, 2.45) is 41.5 Å². The maximum Gasteiger partial charge on any atom is 0.0809 e. The number of fused-ring (bicyclic) bond motifs is 5. The molecular weight excluding hydrogens is 348 g/mol. The molecule has 4 fully saturated rings. The molecule has 1 aromatic heterocycles. The smallest absolute Gasteiger partial charge is 0.0809 e. The van der Waals surface area contributed by atoms with Crippen LogP contribution < -0.4 is 0 Å². The van der Waals surface area contributed by atoms with E-state index in [1.165, 1.54) is 31.3 Å². The Kier molecular flexibility index (Phi) is 4.34. The van der Waals surface area contributed by atoms with Gasteiger partial charge in [0.2, 0.25) is 0 Å². The highest BCUT2D eigenvalue weighted by Crippen LogP contribution is 2.67. The van der Waals surface area contributed by atoms with Crippen LogP contribution in [0.4, 0.5) is 0 Å². The van der Waals surface area contributed by atoms with Gasteiger partial charge in [0.25, 0.3) is 0 Å². The molecule has 28 heavy (non-hydrogen) atoms. The monoisotopic (exact) mass is 384 g/mol. The van der Waals surface area contributed by atoms with Gasteiger partial charge in [-0.2, -0.15) is 5.10 Å². The predicted molar refractivity (Wildman–Crippen MR) is 110 cm³/mol. The minimum Gasteiger partial charge on any atom is -0.393 e. The summed E-state index contributed by atoms with van der Waals surface area (Å²) in [6.45, 7) is 4.88. The van der Waals surface area contributed by atoms with Crippen LogP contribution in [0.3, 0.4) is 0 Å². The van der Waals surface area contributed by atoms with Crippen LogP contribution in [0, 0.1) is 34.5 Å². The first-order valence-corrected chi connectivity index (χ1v) is 11.4. The molecule has 0 bridgehead atoms. The summed E-state index contributed by atoms with van der Waals surface area (Å²) >= 11 is 0. The molecule has 4 aliphatic carbocycles. The summed E-state index contributed by atoms with van der Waals surface area (Å²) in [6, 6.07) is 0. The third-order valence-corrected chi connectivity index (χ3v) is 9.58. The van der Waals surface area contributed by atoms with Gasteiger partial charge in [0.15, 0.2) is 0 Å². The molecule has 1 heterocycles. The molecule has 5 rings (SSSR count). The van der Waals surface area contributed by atoms with Gasteiger partial charge in [0, 0.05) is 24.2 Å². The molecule has 0 amide bonds. The Morgan fingerprint density at radius 1 is 1.07 bits per heavy atom. The Morgan fingerprint density at radius 3 is 2.61 bits per heavy atom. The SMILES string of the molecule is Cn1cc(/C=C2/C[C@@H]3[C@H]4CC[C@H]5C[C@@H](O)CC[C@]5(C)[C@@H]4CC[C@]3(C)[C@@H]2O)cn1. The first-order valence-electron chi connectivity index (χ1n) is 11.4. The summed E-state index contributed by atoms with van der Waals surface area (Å²) in [5, 5.41) is 25.8. The van der Waals surface area contributed by atoms with Crippen molar-refractivity contribution in [3.63, 3.8) is 0 Å². The number of aryl methyl sites for hydroxylation is 1. The van der Waals surface area contributed by atoms with Crippen molar-refractivity contribution in [2.45, 2.75) is 77.4 Å². The van der Waals surface area contributed by atoms with E-state index in [0.717, 1.165) is 43.1 Å². The van der Waals surface area contributed by atoms with Crippen molar-refractivity contribution in [1.29, 1.82) is 0 Å². The minimum atomic E-state index is -0.322. The summed E-state index contributed by atoms with van der Waals surface area (Å²) in [5.74, 6) is 2.78. The van der Waals surface area contributed by atoms with Crippen molar-refractivity contribution >= 4 is 6.08 Å². The molecule has 0 unspecified atom stereocenters. The molecule has 0 aliphatic heterocycles. The highest BCUT2D eigenvalue weighted by Gasteiger charge is 2.61. The van der Waals surface area contributed by atoms with Gasteiger partial charge in [0.1, 0.15) is 0 Å². The maximum atomic E-state index is 11.3. The third-order valence-electron chi connectivity index (χ3n) is 9.58. The highest BCUT2D eigenvalue weighted by atomic mass is 16.3. The van der Waals surface area contributed by atoms with Crippen LogP contribution in [0.2, 0.25) is 0 Å². The number of nitrogens with zero attached hydrogens (tertiary/aromatic N) is 2. The molecule has 4 heteroatoms. The van der Waals surface area contributed by atoms with Crippen molar-refractivity contribution in [1.82, 2.24) is 9.78 Å². The lowest BCUT2D eigenvalue weighted by Crippen LogP contribution is -2.54. The van der Waals surface area contributed by atoms with E-state index in [4.69, 9.17) is 0 Å². The summed E-state index contributed by atoms with van der Waals surface area (Å²) in [5.41, 5.74) is 2.73. The van der Waals surface area contributed by atoms with Crippen LogP contribution >= 0.6 is 0 Å². The van der Waals surface area contributed by atoms with E-state index in [1.54, 1.807) is 0 Å². The first-order chi connectivity index (χ1) is 13.3. The van der Waals surface area contributed by atoms with E-state index < -0.39 is 0 Å². The Labute approximate surface area is 169 Å². The van der Waals surface area contributed by atoms with E-state index in [-0.39, 0.29) is 17.6 Å². The van der Waals surface area contributed by atoms with Crippen molar-refractivity contribution in [3.8, 4) is 0 Å². The summed E-state index contributed by atoms with van der Waals surface area (Å²) in [7, 11) is 1.94. The average molecular weight is 385 g/mol. The molecule has 0 spiro atoms. The maximum absolute atomic E-state index is 11.3. The second-order valence-corrected chi connectivity index (χ2v) is 10.9. The highest BCUT2D eigenvalue weighted by molar-refractivity contribution is 5.54. The largest absolute Gasteiger partial charge is 0.393 e. The molecule has 154 valence electrons. The molecule has 0 aromatic carbocycles. The van der Waals surface area contributed by atoms with E-state index in [0.29, 0.717) is 17.3 Å². The standard InChI is InChI=1S/C24H36N2O2/c1-23-8-6-18(27)12-17(23)4-5-19-20(23)7-9-24(2)21(19)11-16(22(24)28)10-15-13-25-26(3)14-15/h10,13-14,17-22,27-28H,4-9,11-12H2,1-3H3/b16-10-/t17-,18-,19-,20+,21+,22+,23-,24-/m0/s1. The van der Waals surface area contributed by atoms with Gasteiger partial charge in [-0.1, -0.05) is 19.9 Å². The molecule has 1 aromatic rings. The zero-order valence-electron chi connectivity index (χ0n) is 17.6. The van der Waals surface area contributed by atoms with Crippen LogP contribution in [0.25, 0.3) is 6.08 Å². The predicted octanol–water partition coefficient (Wildman–Crippen LogP) is 4.18. The number of hydrogen-bond donors (Lipinski definition) is 2. The van der Waals surface area contributed by atoms with Gasteiger partial charge in [-0.05, 0) is 86.0 Å². The van der Waals surface area contributed by atoms with E-state index in [9.17, 15) is 10.2 Å². The Morgan fingerprint density at radius 2 is 1.86 bits per heavy atom. The number of aliphatic hydroxyl groups is 2. The van der Waals surface area contributed by atoms with Crippen LogP contribution in [-0.2, 0) is 7.05 Å². The molecular formula is C24H36N2O2. The number of aliphatic hydroxyl groups excluding tert-OH is 2. The fraction of sp³-hybridized carbons (Fsp3) is 0.792. The zero-order valence-corrected chi connectivity index (χ0v) is 17.6. The van der Waals surface area contributed by atoms with Crippen LogP contribution in [0.15, 0.2) is 18.0 Å². The molecule has 2 N–H and O–H groups in total. The second kappa shape index (κ2) is 6.43. The van der Waals surface area contributed by atoms with Crippen molar-refractivity contribution < 1.29 is 10.2 Å². The van der Waals surface area contributed by atoms with Crippen LogP contribution in [0.5, 0.6) is 0 Å². The fourth-order valence-corrected chi connectivity index (χ4v) is 7.96. The van der Waals surface area contributed by atoms with Crippen LogP contribution in [0.1, 0.15) is 70.8 Å². The molecule has 0 saturated heterocycles. The Hall–Kier alpha value is -1.13. The van der Waals surface area contributed by atoms with E-state index >= 15 is 0 Å². The normalized spacial score (nSPS) is 49.5. The topological polar surface area (TPSA) is 58.3 Å². The van der Waals surface area contributed by atoms with Gasteiger partial charge in [0.05, 0.1) is 18.4 Å². The summed E-state index contributed by atoms with van der Waals surface area (Å²) in [6.07, 6.45) is 14.9. The number of aromatic nitrogens is 2. The average Bonchev–Trinajstić information content (AvgIpc) is 3.18. The lowest BCUT2D eigenvalue weighted by atomic mass is 9.45. The summed E-state index contributed by atoms with van der Waals surface area (Å²) in [4.78, 5) is 0. The third kappa shape index (κ3) is 2.67. The first kappa shape index (κ1) is 18.9. The summed E-state index contributed by atoms with van der Waals surface area (Å²) < 4.78 is 1.83. The van der Waals surface area contributed by atoms with Crippen LogP contribution in [-0.4, -0.2) is 32.2 Å². The Balaban J connectivity index is 1.44. The Bertz CT molecular complexity index is 785. The van der Waals surface area contributed by atoms with Gasteiger partial charge >= 0.3 is 0 Å². The lowest BCUT2D eigenvalue weighted by Gasteiger charge is -2.60. The molecule has 0 radical (unpaired) electrons. The minimum absolute atomic E-state index is 0.0204. The molecule has 4 aliphatic rings. The van der Waals surface area contributed by atoms with Gasteiger partial charge in [-0.15, -0.1) is 0 Å². The zero-order chi connectivity index (χ0) is 19.7. The van der Waals surface area contributed by atoms with Crippen molar-refractivity contribution in [2.75, 3.05) is 0 Å². The second-order valence-electron chi connectivity index (χ2n) is 10.9. The molecule has 8 atom stereocenters. The molecule has 4 nitrogen and oxygen atoms in total.